The van der Waals surface area contributed by atoms with Crippen LogP contribution >= 0.6 is 11.3 Å². The van der Waals surface area contributed by atoms with Gasteiger partial charge in [-0.1, -0.05) is 0 Å². The number of nitrogens with two attached hydrogens (primary N) is 1. The minimum atomic E-state index is -0.904. The third kappa shape index (κ3) is 1.22. The molecule has 2 N–H and O–H groups in total. The Morgan fingerprint density at radius 2 is 2.20 bits per heavy atom. The van der Waals surface area contributed by atoms with Crippen molar-refractivity contribution in [3.05, 3.63) is 22.4 Å². The first-order chi connectivity index (χ1) is 4.72. The van der Waals surface area contributed by atoms with Crippen LogP contribution < -0.4 is 5.73 Å². The van der Waals surface area contributed by atoms with Gasteiger partial charge in [0.25, 0.3) is 11.7 Å². The second-order valence-corrected chi connectivity index (χ2v) is 2.49. The van der Waals surface area contributed by atoms with Gasteiger partial charge in [-0.25, -0.2) is 0 Å². The molecule has 52 valence electrons. The Hall–Kier alpha value is -1.16. The van der Waals surface area contributed by atoms with Crippen molar-refractivity contribution in [2.45, 2.75) is 0 Å². The number of carbonyl (C=O) groups excluding carboxylic acids is 2. The molecule has 0 fully saturated rings. The van der Waals surface area contributed by atoms with E-state index >= 15 is 0 Å². The van der Waals surface area contributed by atoms with E-state index in [1.54, 1.807) is 16.8 Å². The molecular weight excluding hydrogens is 150 g/mol. The van der Waals surface area contributed by atoms with E-state index in [0.717, 1.165) is 0 Å². The molecule has 0 spiro atoms. The average Bonchev–Trinajstić information content (AvgIpc) is 2.36. The number of primary amides is 1. The van der Waals surface area contributed by atoms with E-state index < -0.39 is 11.7 Å². The topological polar surface area (TPSA) is 60.2 Å². The molecule has 3 nitrogen and oxygen atoms in total. The maximum atomic E-state index is 10.7. The van der Waals surface area contributed by atoms with E-state index in [1.165, 1.54) is 11.3 Å². The van der Waals surface area contributed by atoms with Crippen molar-refractivity contribution in [3.63, 3.8) is 0 Å². The van der Waals surface area contributed by atoms with Gasteiger partial charge in [-0.3, -0.25) is 9.59 Å². The van der Waals surface area contributed by atoms with Gasteiger partial charge in [-0.05, 0) is 11.4 Å². The van der Waals surface area contributed by atoms with Crippen LogP contribution in [0.1, 0.15) is 10.4 Å². The quantitative estimate of drug-likeness (QED) is 0.497. The maximum Gasteiger partial charge on any atom is 0.289 e. The number of hydrogen-bond donors (Lipinski definition) is 1. The Kier molecular flexibility index (Phi) is 1.82. The third-order valence-corrected chi connectivity index (χ3v) is 1.69. The van der Waals surface area contributed by atoms with Gasteiger partial charge in [0.1, 0.15) is 0 Å². The molecule has 0 bridgehead atoms. The Morgan fingerprint density at radius 1 is 1.50 bits per heavy atom. The van der Waals surface area contributed by atoms with Crippen molar-refractivity contribution < 1.29 is 9.59 Å². The first-order valence-electron chi connectivity index (χ1n) is 2.58. The van der Waals surface area contributed by atoms with Crippen molar-refractivity contribution >= 4 is 23.0 Å². The Morgan fingerprint density at radius 3 is 2.60 bits per heavy atom. The van der Waals surface area contributed by atoms with Gasteiger partial charge in [0.05, 0.1) is 0 Å². The van der Waals surface area contributed by atoms with Crippen LogP contribution in [0.4, 0.5) is 0 Å². The summed E-state index contributed by atoms with van der Waals surface area (Å²) >= 11 is 1.36. The Balaban J connectivity index is 2.88. The van der Waals surface area contributed by atoms with Crippen molar-refractivity contribution in [2.75, 3.05) is 0 Å². The standard InChI is InChI=1S/C6H5NO2S/c7-6(9)5(8)4-1-2-10-3-4/h1-3H,(H2,7,9). The lowest BCUT2D eigenvalue weighted by atomic mass is 10.2. The van der Waals surface area contributed by atoms with E-state index in [4.69, 9.17) is 5.73 Å². The molecule has 0 aromatic carbocycles. The molecule has 0 aliphatic carbocycles. The summed E-state index contributed by atoms with van der Waals surface area (Å²) in [5, 5.41) is 3.31. The van der Waals surface area contributed by atoms with Crippen molar-refractivity contribution in [1.29, 1.82) is 0 Å². The number of ketones is 1. The zero-order valence-electron chi connectivity index (χ0n) is 5.03. The molecule has 1 rings (SSSR count). The fourth-order valence-corrected chi connectivity index (χ4v) is 1.17. The van der Waals surface area contributed by atoms with Crippen LogP contribution in [0.2, 0.25) is 0 Å². The van der Waals surface area contributed by atoms with Crippen molar-refractivity contribution in [2.24, 2.45) is 5.73 Å². The van der Waals surface area contributed by atoms with Gasteiger partial charge in [0.2, 0.25) is 0 Å². The van der Waals surface area contributed by atoms with Crippen LogP contribution in [0.5, 0.6) is 0 Å². The van der Waals surface area contributed by atoms with E-state index in [9.17, 15) is 9.59 Å². The molecule has 0 aliphatic rings. The van der Waals surface area contributed by atoms with E-state index in [0.29, 0.717) is 5.56 Å². The van der Waals surface area contributed by atoms with E-state index in [1.807, 2.05) is 0 Å². The first-order valence-corrected chi connectivity index (χ1v) is 3.52. The van der Waals surface area contributed by atoms with Crippen LogP contribution in [-0.2, 0) is 4.79 Å². The molecule has 0 saturated heterocycles. The van der Waals surface area contributed by atoms with Gasteiger partial charge in [0, 0.05) is 10.9 Å². The second-order valence-electron chi connectivity index (χ2n) is 1.71. The zero-order chi connectivity index (χ0) is 7.56. The fraction of sp³-hybridized carbons (Fsp3) is 0. The van der Waals surface area contributed by atoms with Crippen LogP contribution in [0.25, 0.3) is 0 Å². The lowest BCUT2D eigenvalue weighted by molar-refractivity contribution is -0.114. The van der Waals surface area contributed by atoms with E-state index in [-0.39, 0.29) is 0 Å². The predicted octanol–water partition coefficient (Wildman–Crippen LogP) is 0.416. The molecule has 0 aliphatic heterocycles. The Bertz CT molecular complexity index is 253. The minimum absolute atomic E-state index is 0.373. The van der Waals surface area contributed by atoms with Crippen molar-refractivity contribution in [1.82, 2.24) is 0 Å². The van der Waals surface area contributed by atoms with Crippen LogP contribution in [0.3, 0.4) is 0 Å². The lowest BCUT2D eigenvalue weighted by Gasteiger charge is -1.86. The molecule has 0 saturated carbocycles. The summed E-state index contributed by atoms with van der Waals surface area (Å²) in [6.07, 6.45) is 0. The highest BCUT2D eigenvalue weighted by Gasteiger charge is 2.11. The zero-order valence-corrected chi connectivity index (χ0v) is 5.85. The van der Waals surface area contributed by atoms with Gasteiger partial charge >= 0.3 is 0 Å². The SMILES string of the molecule is NC(=O)C(=O)c1ccsc1. The summed E-state index contributed by atoms with van der Waals surface area (Å²) in [6.45, 7) is 0. The number of rotatable bonds is 2. The monoisotopic (exact) mass is 155 g/mol. The van der Waals surface area contributed by atoms with Crippen molar-refractivity contribution in [3.8, 4) is 0 Å². The fourth-order valence-electron chi connectivity index (χ4n) is 0.536. The third-order valence-electron chi connectivity index (χ3n) is 1.01. The minimum Gasteiger partial charge on any atom is -0.363 e. The summed E-state index contributed by atoms with van der Waals surface area (Å²) in [7, 11) is 0. The van der Waals surface area contributed by atoms with Gasteiger partial charge < -0.3 is 5.73 Å². The summed E-state index contributed by atoms with van der Waals surface area (Å²) < 4.78 is 0. The van der Waals surface area contributed by atoms with Crippen LogP contribution in [-0.4, -0.2) is 11.7 Å². The summed E-state index contributed by atoms with van der Waals surface area (Å²) in [5.41, 5.74) is 5.12. The summed E-state index contributed by atoms with van der Waals surface area (Å²) in [4.78, 5) is 21.0. The number of amides is 1. The van der Waals surface area contributed by atoms with Crippen LogP contribution in [0.15, 0.2) is 16.8 Å². The predicted molar refractivity (Wildman–Crippen MR) is 37.8 cm³/mol. The molecule has 1 heterocycles. The smallest absolute Gasteiger partial charge is 0.289 e. The molecule has 1 amide bonds. The maximum absolute atomic E-state index is 10.7. The number of Topliss-reactive ketones (excluding diaryl/α,β-unsaturated/α-hetero) is 1. The van der Waals surface area contributed by atoms with Gasteiger partial charge in [0.15, 0.2) is 0 Å². The summed E-state index contributed by atoms with van der Waals surface area (Å²) in [6, 6.07) is 1.57. The second kappa shape index (κ2) is 2.62. The normalized spacial score (nSPS) is 9.20. The first kappa shape index (κ1) is 6.95. The Labute approximate surface area is 61.5 Å². The molecule has 4 heteroatoms. The number of thiophene rings is 1. The highest BCUT2D eigenvalue weighted by Crippen LogP contribution is 2.05. The summed E-state index contributed by atoms with van der Waals surface area (Å²) in [5.74, 6) is -1.53. The molecular formula is C6H5NO2S. The highest BCUT2D eigenvalue weighted by molar-refractivity contribution is 7.08. The lowest BCUT2D eigenvalue weighted by Crippen LogP contribution is -2.22. The van der Waals surface area contributed by atoms with Gasteiger partial charge in [-0.15, -0.1) is 0 Å². The highest BCUT2D eigenvalue weighted by atomic mass is 32.1. The van der Waals surface area contributed by atoms with Crippen LogP contribution in [0, 0.1) is 0 Å². The average molecular weight is 155 g/mol. The number of carbonyl (C=O) groups is 2. The molecule has 0 radical (unpaired) electrons. The molecule has 0 unspecified atom stereocenters. The van der Waals surface area contributed by atoms with Gasteiger partial charge in [-0.2, -0.15) is 11.3 Å². The molecule has 0 atom stereocenters. The molecule has 1 aromatic heterocycles. The molecule has 1 aromatic rings. The number of hydrogen-bond acceptors (Lipinski definition) is 3. The largest absolute Gasteiger partial charge is 0.363 e. The van der Waals surface area contributed by atoms with E-state index in [2.05, 4.69) is 0 Å². The molecule has 10 heavy (non-hydrogen) atoms.